The second kappa shape index (κ2) is 4.18. The number of nitrogens with one attached hydrogen (secondary N) is 1. The van der Waals surface area contributed by atoms with E-state index in [0.717, 1.165) is 23.0 Å². The van der Waals surface area contributed by atoms with Crippen LogP contribution in [0.2, 0.25) is 0 Å². The molecule has 2 aromatic rings. The lowest BCUT2D eigenvalue weighted by molar-refractivity contribution is -0.167. The summed E-state index contributed by atoms with van der Waals surface area (Å²) in [6.07, 6.45) is 4.84. The Labute approximate surface area is 98.3 Å². The SMILES string of the molecule is O=C(Cc1c[nH]c2ncccc12)N1CCCO1. The molecule has 1 N–H and O–H groups in total. The number of hydroxylamine groups is 2. The summed E-state index contributed by atoms with van der Waals surface area (Å²) in [5.41, 5.74) is 1.78. The summed E-state index contributed by atoms with van der Waals surface area (Å²) in [6.45, 7) is 1.33. The molecule has 88 valence electrons. The van der Waals surface area contributed by atoms with Crippen LogP contribution in [0.5, 0.6) is 0 Å². The van der Waals surface area contributed by atoms with Crippen molar-refractivity contribution >= 4 is 16.9 Å². The molecule has 17 heavy (non-hydrogen) atoms. The first kappa shape index (κ1) is 10.3. The van der Waals surface area contributed by atoms with Crippen molar-refractivity contribution < 1.29 is 9.63 Å². The summed E-state index contributed by atoms with van der Waals surface area (Å²) >= 11 is 0. The second-order valence-electron chi connectivity index (χ2n) is 4.07. The fourth-order valence-electron chi connectivity index (χ4n) is 2.05. The third kappa shape index (κ3) is 1.89. The van der Waals surface area contributed by atoms with Crippen LogP contribution < -0.4 is 0 Å². The predicted octanol–water partition coefficient (Wildman–Crippen LogP) is 1.27. The molecular weight excluding hydrogens is 218 g/mol. The quantitative estimate of drug-likeness (QED) is 0.846. The Morgan fingerprint density at radius 3 is 3.35 bits per heavy atom. The van der Waals surface area contributed by atoms with Crippen LogP contribution in [-0.2, 0) is 16.1 Å². The van der Waals surface area contributed by atoms with Crippen molar-refractivity contribution in [1.82, 2.24) is 15.0 Å². The largest absolute Gasteiger partial charge is 0.346 e. The molecule has 0 atom stereocenters. The van der Waals surface area contributed by atoms with Crippen molar-refractivity contribution in [3.8, 4) is 0 Å². The summed E-state index contributed by atoms with van der Waals surface area (Å²) in [5.74, 6) is 0.00672. The summed E-state index contributed by atoms with van der Waals surface area (Å²) in [4.78, 5) is 24.4. The van der Waals surface area contributed by atoms with Gasteiger partial charge in [-0.1, -0.05) is 0 Å². The lowest BCUT2D eigenvalue weighted by Crippen LogP contribution is -2.27. The van der Waals surface area contributed by atoms with Crippen molar-refractivity contribution in [2.24, 2.45) is 0 Å². The molecule has 0 radical (unpaired) electrons. The van der Waals surface area contributed by atoms with Crippen LogP contribution in [0.1, 0.15) is 12.0 Å². The topological polar surface area (TPSA) is 58.2 Å². The molecule has 2 aromatic heterocycles. The number of aromatic nitrogens is 2. The normalized spacial score (nSPS) is 15.6. The van der Waals surface area contributed by atoms with E-state index in [0.29, 0.717) is 19.6 Å². The smallest absolute Gasteiger partial charge is 0.250 e. The summed E-state index contributed by atoms with van der Waals surface area (Å²) in [5, 5.41) is 2.45. The minimum absolute atomic E-state index is 0.00672. The predicted molar refractivity (Wildman–Crippen MR) is 62.1 cm³/mol. The number of hydrogen-bond acceptors (Lipinski definition) is 3. The van der Waals surface area contributed by atoms with Gasteiger partial charge in [-0.2, -0.15) is 0 Å². The monoisotopic (exact) mass is 231 g/mol. The molecule has 0 aromatic carbocycles. The van der Waals surface area contributed by atoms with Gasteiger partial charge < -0.3 is 4.98 Å². The summed E-state index contributed by atoms with van der Waals surface area (Å²) in [6, 6.07) is 3.84. The van der Waals surface area contributed by atoms with E-state index in [1.165, 1.54) is 5.06 Å². The number of carbonyl (C=O) groups excluding carboxylic acids is 1. The third-order valence-corrected chi connectivity index (χ3v) is 2.91. The molecule has 1 saturated heterocycles. The van der Waals surface area contributed by atoms with Gasteiger partial charge in [0.05, 0.1) is 19.6 Å². The van der Waals surface area contributed by atoms with Crippen LogP contribution in [0.3, 0.4) is 0 Å². The van der Waals surface area contributed by atoms with Gasteiger partial charge in [-0.15, -0.1) is 0 Å². The van der Waals surface area contributed by atoms with Gasteiger partial charge in [-0.25, -0.2) is 10.0 Å². The Hall–Kier alpha value is -1.88. The number of fused-ring (bicyclic) bond motifs is 1. The molecule has 5 heteroatoms. The molecule has 1 fully saturated rings. The van der Waals surface area contributed by atoms with E-state index in [1.54, 1.807) is 6.20 Å². The molecule has 0 aliphatic carbocycles. The molecule has 5 nitrogen and oxygen atoms in total. The van der Waals surface area contributed by atoms with Crippen LogP contribution in [-0.4, -0.2) is 34.1 Å². The van der Waals surface area contributed by atoms with E-state index < -0.39 is 0 Å². The maximum atomic E-state index is 11.9. The number of rotatable bonds is 2. The van der Waals surface area contributed by atoms with Crippen LogP contribution in [0.15, 0.2) is 24.5 Å². The molecule has 0 bridgehead atoms. The number of pyridine rings is 1. The summed E-state index contributed by atoms with van der Waals surface area (Å²) in [7, 11) is 0. The number of carbonyl (C=O) groups is 1. The average Bonchev–Trinajstić information content (AvgIpc) is 2.98. The lowest BCUT2D eigenvalue weighted by Gasteiger charge is -2.12. The van der Waals surface area contributed by atoms with Crippen LogP contribution >= 0.6 is 0 Å². The molecular formula is C12H13N3O2. The fourth-order valence-corrected chi connectivity index (χ4v) is 2.05. The lowest BCUT2D eigenvalue weighted by atomic mass is 10.1. The van der Waals surface area contributed by atoms with Crippen molar-refractivity contribution in [1.29, 1.82) is 0 Å². The minimum Gasteiger partial charge on any atom is -0.346 e. The number of aromatic amines is 1. The maximum Gasteiger partial charge on any atom is 0.250 e. The number of amides is 1. The highest BCUT2D eigenvalue weighted by Gasteiger charge is 2.20. The van der Waals surface area contributed by atoms with E-state index >= 15 is 0 Å². The van der Waals surface area contributed by atoms with Crippen molar-refractivity contribution in [2.75, 3.05) is 13.2 Å². The maximum absolute atomic E-state index is 11.9. The zero-order chi connectivity index (χ0) is 11.7. The molecule has 3 heterocycles. The van der Waals surface area contributed by atoms with E-state index in [2.05, 4.69) is 9.97 Å². The molecule has 0 spiro atoms. The molecule has 3 rings (SSSR count). The fraction of sp³-hybridized carbons (Fsp3) is 0.333. The van der Waals surface area contributed by atoms with Crippen molar-refractivity contribution in [2.45, 2.75) is 12.8 Å². The van der Waals surface area contributed by atoms with E-state index in [1.807, 2.05) is 18.3 Å². The van der Waals surface area contributed by atoms with Gasteiger partial charge in [-0.05, 0) is 24.1 Å². The standard InChI is InChI=1S/C12H13N3O2/c16-11(15-5-2-6-17-15)7-9-8-14-12-10(9)3-1-4-13-12/h1,3-4,8H,2,5-7H2,(H,13,14). The van der Waals surface area contributed by atoms with Crippen molar-refractivity contribution in [3.05, 3.63) is 30.1 Å². The molecule has 0 saturated carbocycles. The van der Waals surface area contributed by atoms with E-state index in [4.69, 9.17) is 4.84 Å². The van der Waals surface area contributed by atoms with Gasteiger partial charge in [0, 0.05) is 17.8 Å². The molecule has 1 amide bonds. The Morgan fingerprint density at radius 1 is 1.59 bits per heavy atom. The van der Waals surface area contributed by atoms with Gasteiger partial charge >= 0.3 is 0 Å². The van der Waals surface area contributed by atoms with Gasteiger partial charge in [0.25, 0.3) is 5.91 Å². The van der Waals surface area contributed by atoms with Crippen LogP contribution in [0.25, 0.3) is 11.0 Å². The first-order chi connectivity index (χ1) is 8.34. The number of nitrogens with zero attached hydrogens (tertiary/aromatic N) is 2. The number of H-pyrrole nitrogens is 1. The Bertz CT molecular complexity index is 543. The molecule has 0 unspecified atom stereocenters. The van der Waals surface area contributed by atoms with Gasteiger partial charge in [0.1, 0.15) is 5.65 Å². The van der Waals surface area contributed by atoms with E-state index in [-0.39, 0.29) is 5.91 Å². The highest BCUT2D eigenvalue weighted by atomic mass is 16.7. The zero-order valence-corrected chi connectivity index (χ0v) is 9.35. The Morgan fingerprint density at radius 2 is 2.53 bits per heavy atom. The number of hydrogen-bond donors (Lipinski definition) is 1. The molecule has 1 aliphatic heterocycles. The van der Waals surface area contributed by atoms with Gasteiger partial charge in [0.15, 0.2) is 0 Å². The minimum atomic E-state index is 0.00672. The Balaban J connectivity index is 1.82. The first-order valence-corrected chi connectivity index (χ1v) is 5.69. The average molecular weight is 231 g/mol. The second-order valence-corrected chi connectivity index (χ2v) is 4.07. The zero-order valence-electron chi connectivity index (χ0n) is 9.35. The van der Waals surface area contributed by atoms with Crippen LogP contribution in [0.4, 0.5) is 0 Å². The first-order valence-electron chi connectivity index (χ1n) is 5.69. The highest BCUT2D eigenvalue weighted by molar-refractivity contribution is 5.86. The van der Waals surface area contributed by atoms with E-state index in [9.17, 15) is 4.79 Å². The van der Waals surface area contributed by atoms with Crippen LogP contribution in [0, 0.1) is 0 Å². The van der Waals surface area contributed by atoms with Gasteiger partial charge in [0.2, 0.25) is 0 Å². The third-order valence-electron chi connectivity index (χ3n) is 2.91. The summed E-state index contributed by atoms with van der Waals surface area (Å²) < 4.78 is 0. The highest BCUT2D eigenvalue weighted by Crippen LogP contribution is 2.17. The van der Waals surface area contributed by atoms with Gasteiger partial charge in [-0.3, -0.25) is 9.63 Å². The van der Waals surface area contributed by atoms with Crippen molar-refractivity contribution in [3.63, 3.8) is 0 Å². The Kier molecular flexibility index (Phi) is 2.53. The molecule has 1 aliphatic rings.